The third kappa shape index (κ3) is 3.92. The summed E-state index contributed by atoms with van der Waals surface area (Å²) in [4.78, 5) is 2.60. The summed E-state index contributed by atoms with van der Waals surface area (Å²) in [6.45, 7) is 2.38. The van der Waals surface area contributed by atoms with Crippen LogP contribution in [0, 0.1) is 0 Å². The van der Waals surface area contributed by atoms with Crippen LogP contribution in [-0.4, -0.2) is 11.5 Å². The number of hydrogen-bond acceptors (Lipinski definition) is 1. The molecule has 5 heavy (non-hydrogen) atoms. The van der Waals surface area contributed by atoms with E-state index in [1.807, 2.05) is 6.92 Å². The maximum Gasteiger partial charge on any atom is 0.149 e. The standard InChI is InChI=1S/C3H8O2/c1-2-3-5-4/h5H,2-3H2,1H3. The van der Waals surface area contributed by atoms with Crippen LogP contribution in [0.2, 0.25) is 0 Å². The van der Waals surface area contributed by atoms with Crippen molar-refractivity contribution in [3.8, 4) is 0 Å². The summed E-state index contributed by atoms with van der Waals surface area (Å²) in [6, 6.07) is 0. The van der Waals surface area contributed by atoms with Crippen molar-refractivity contribution in [2.24, 2.45) is 0 Å². The van der Waals surface area contributed by atoms with Gasteiger partial charge in [-0.2, -0.15) is 0 Å². The molecule has 0 aromatic heterocycles. The molecule has 0 aliphatic heterocycles. The summed E-state index contributed by atoms with van der Waals surface area (Å²) in [5.41, 5.74) is 0. The lowest BCUT2D eigenvalue weighted by atomic mass is 10.5. The van der Waals surface area contributed by atoms with Gasteiger partial charge in [-0.1, -0.05) is 6.92 Å². The predicted molar refractivity (Wildman–Crippen MR) is 17.4 cm³/mol. The predicted octanol–water partition coefficient (Wildman–Crippen LogP) is -0.800. The summed E-state index contributed by atoms with van der Waals surface area (Å²) >= 11 is 0. The quantitative estimate of drug-likeness (QED) is 0.241. The van der Waals surface area contributed by atoms with Crippen molar-refractivity contribution in [3.05, 3.63) is 0 Å². The number of hydrogen-bond donors (Lipinski definition) is 0. The Kier molecular flexibility index (Phi) is 3.86. The van der Waals surface area contributed by atoms with Crippen LogP contribution in [0.5, 0.6) is 0 Å². The molecular formula is C3H8O2. The van der Waals surface area contributed by atoms with E-state index in [1.165, 1.54) is 0 Å². The fraction of sp³-hybridized carbons (Fsp3) is 1.00. The molecule has 0 rings (SSSR count). The minimum Gasteiger partial charge on any atom is -0.535 e. The van der Waals surface area contributed by atoms with E-state index in [0.29, 0.717) is 6.61 Å². The Morgan fingerprint density at radius 2 is 2.40 bits per heavy atom. The Morgan fingerprint density at radius 1 is 1.80 bits per heavy atom. The van der Waals surface area contributed by atoms with Gasteiger partial charge in [0.2, 0.25) is 0 Å². The fourth-order valence-electron chi connectivity index (χ4n) is 0.0913. The minimum atomic E-state index is 0.458. The lowest BCUT2D eigenvalue weighted by molar-refractivity contribution is -0.776. The zero-order chi connectivity index (χ0) is 4.12. The highest BCUT2D eigenvalue weighted by molar-refractivity contribution is 4.11. The maximum absolute atomic E-state index is 9.15. The first-order valence-electron chi connectivity index (χ1n) is 1.71. The normalized spacial score (nSPS) is 8.40. The molecule has 0 saturated carbocycles. The Balaban J connectivity index is 2.19. The first-order valence-corrected chi connectivity index (χ1v) is 1.71. The van der Waals surface area contributed by atoms with Gasteiger partial charge in [0.1, 0.15) is 6.61 Å². The molecule has 0 fully saturated rings. The van der Waals surface area contributed by atoms with Crippen molar-refractivity contribution in [1.82, 2.24) is 0 Å². The molecule has 0 saturated heterocycles. The molecule has 1 N–H and O–H groups in total. The maximum atomic E-state index is 9.15. The second-order valence-electron chi connectivity index (χ2n) is 0.853. The van der Waals surface area contributed by atoms with Gasteiger partial charge in [-0.05, 0) is 0 Å². The summed E-state index contributed by atoms with van der Waals surface area (Å²) in [7, 11) is 0. The molecule has 0 radical (unpaired) electrons. The number of rotatable bonds is 2. The molecule has 0 bridgehead atoms. The van der Waals surface area contributed by atoms with E-state index in [9.17, 15) is 0 Å². The second-order valence-corrected chi connectivity index (χ2v) is 0.853. The van der Waals surface area contributed by atoms with Gasteiger partial charge in [0.25, 0.3) is 0 Å². The van der Waals surface area contributed by atoms with Crippen LogP contribution < -0.4 is 5.26 Å². The van der Waals surface area contributed by atoms with E-state index in [-0.39, 0.29) is 0 Å². The summed E-state index contributed by atoms with van der Waals surface area (Å²) in [6.07, 6.45) is 0.865. The minimum absolute atomic E-state index is 0.458. The number of aliphatic hydroxyl groups is 1. The van der Waals surface area contributed by atoms with Crippen molar-refractivity contribution in [2.45, 2.75) is 13.3 Å². The molecule has 0 spiro atoms. The SMILES string of the molecule is CCC[OH+][O-]. The van der Waals surface area contributed by atoms with Crippen molar-refractivity contribution >= 4 is 0 Å². The van der Waals surface area contributed by atoms with Gasteiger partial charge in [-0.25, -0.2) is 0 Å². The van der Waals surface area contributed by atoms with Gasteiger partial charge in [0.05, 0.1) is 0 Å². The van der Waals surface area contributed by atoms with Crippen LogP contribution in [0.4, 0.5) is 0 Å². The van der Waals surface area contributed by atoms with Crippen LogP contribution >= 0.6 is 0 Å². The molecular weight excluding hydrogens is 68.0 g/mol. The summed E-state index contributed by atoms with van der Waals surface area (Å²) in [5, 5.41) is 9.15. The average Bonchev–Trinajstić information content (AvgIpc) is 1.41. The highest BCUT2D eigenvalue weighted by Crippen LogP contribution is 1.64. The molecule has 0 aliphatic rings. The Hall–Kier alpha value is -0.0800. The van der Waals surface area contributed by atoms with Gasteiger partial charge in [-0.3, -0.25) is 0 Å². The van der Waals surface area contributed by atoms with Crippen LogP contribution in [0.15, 0.2) is 0 Å². The van der Waals surface area contributed by atoms with Crippen molar-refractivity contribution < 1.29 is 10.1 Å². The molecule has 0 amide bonds. The summed E-state index contributed by atoms with van der Waals surface area (Å²) < 4.78 is 0. The molecule has 0 aliphatic carbocycles. The zero-order valence-corrected chi connectivity index (χ0v) is 3.27. The van der Waals surface area contributed by atoms with Gasteiger partial charge in [-0.15, -0.1) is 0 Å². The molecule has 32 valence electrons. The average molecular weight is 76.1 g/mol. The van der Waals surface area contributed by atoms with E-state index in [0.717, 1.165) is 6.42 Å². The molecule has 0 heterocycles. The highest BCUT2D eigenvalue weighted by Gasteiger charge is 1.68. The van der Waals surface area contributed by atoms with Crippen molar-refractivity contribution in [1.29, 1.82) is 0 Å². The molecule has 2 nitrogen and oxygen atoms in total. The van der Waals surface area contributed by atoms with Gasteiger partial charge < -0.3 is 10.1 Å². The van der Waals surface area contributed by atoms with Crippen molar-refractivity contribution in [2.75, 3.05) is 6.61 Å². The second kappa shape index (κ2) is 3.92. The lowest BCUT2D eigenvalue weighted by Gasteiger charge is -1.91. The van der Waals surface area contributed by atoms with Crippen LogP contribution in [0.3, 0.4) is 0 Å². The molecule has 2 heteroatoms. The van der Waals surface area contributed by atoms with E-state index in [4.69, 9.17) is 5.26 Å². The Bertz CT molecular complexity index is 12.4. The monoisotopic (exact) mass is 76.1 g/mol. The molecule has 0 aromatic carbocycles. The van der Waals surface area contributed by atoms with Gasteiger partial charge in [0, 0.05) is 6.42 Å². The molecule has 0 unspecified atom stereocenters. The van der Waals surface area contributed by atoms with E-state index >= 15 is 0 Å². The third-order valence-corrected chi connectivity index (χ3v) is 0.315. The first kappa shape index (κ1) is 4.92. The van der Waals surface area contributed by atoms with Crippen LogP contribution in [0.1, 0.15) is 13.3 Å². The largest absolute Gasteiger partial charge is 0.535 e. The molecule has 0 aromatic rings. The zero-order valence-electron chi connectivity index (χ0n) is 3.27. The fourth-order valence-corrected chi connectivity index (χ4v) is 0.0913. The molecule has 0 atom stereocenters. The third-order valence-electron chi connectivity index (χ3n) is 0.315. The van der Waals surface area contributed by atoms with Gasteiger partial charge in [0.15, 0.2) is 0 Å². The van der Waals surface area contributed by atoms with E-state index < -0.39 is 0 Å². The van der Waals surface area contributed by atoms with Crippen molar-refractivity contribution in [3.63, 3.8) is 0 Å². The smallest absolute Gasteiger partial charge is 0.149 e. The van der Waals surface area contributed by atoms with E-state index in [1.54, 1.807) is 0 Å². The van der Waals surface area contributed by atoms with E-state index in [2.05, 4.69) is 4.89 Å². The van der Waals surface area contributed by atoms with Crippen LogP contribution in [-0.2, 0) is 0 Å². The summed E-state index contributed by atoms with van der Waals surface area (Å²) in [5.74, 6) is 0. The van der Waals surface area contributed by atoms with Gasteiger partial charge >= 0.3 is 0 Å². The lowest BCUT2D eigenvalue weighted by Crippen LogP contribution is -2.11. The Labute approximate surface area is 31.3 Å². The van der Waals surface area contributed by atoms with Crippen LogP contribution in [0.25, 0.3) is 0 Å². The Morgan fingerprint density at radius 3 is 2.40 bits per heavy atom. The topological polar surface area (TPSA) is 35.9 Å². The highest BCUT2D eigenvalue weighted by atomic mass is 17.1. The first-order chi connectivity index (χ1) is 2.41.